The van der Waals surface area contributed by atoms with Crippen molar-refractivity contribution >= 4 is 17.5 Å². The molecule has 1 aromatic carbocycles. The van der Waals surface area contributed by atoms with Crippen molar-refractivity contribution in [2.45, 2.75) is 6.92 Å². The van der Waals surface area contributed by atoms with Gasteiger partial charge in [0, 0.05) is 25.3 Å². The van der Waals surface area contributed by atoms with Gasteiger partial charge >= 0.3 is 0 Å². The van der Waals surface area contributed by atoms with Crippen molar-refractivity contribution < 1.29 is 9.59 Å². The molecule has 5 heteroatoms. The molecule has 0 spiro atoms. The number of likely N-dealkylation sites (N-methyl/N-ethyl adjacent to an activating group) is 1. The number of amides is 2. The van der Waals surface area contributed by atoms with E-state index in [9.17, 15) is 9.59 Å². The quantitative estimate of drug-likeness (QED) is 0.744. The molecular formula is C12H17N3O2. The van der Waals surface area contributed by atoms with Gasteiger partial charge in [0.15, 0.2) is 0 Å². The Balaban J connectivity index is 2.64. The number of nitrogens with one attached hydrogen (secondary N) is 1. The molecule has 0 aromatic heterocycles. The van der Waals surface area contributed by atoms with E-state index >= 15 is 0 Å². The Bertz CT molecular complexity index is 441. The second-order valence-corrected chi connectivity index (χ2v) is 4.04. The Hall–Kier alpha value is -2.04. The molecule has 17 heavy (non-hydrogen) atoms. The third kappa shape index (κ3) is 3.48. The second kappa shape index (κ2) is 5.34. The Morgan fingerprint density at radius 2 is 2.00 bits per heavy atom. The highest BCUT2D eigenvalue weighted by molar-refractivity contribution is 5.97. The number of hydrogen-bond donors (Lipinski definition) is 2. The Labute approximate surface area is 101 Å². The maximum Gasteiger partial charge on any atom is 0.251 e. The molecule has 0 bridgehead atoms. The van der Waals surface area contributed by atoms with Crippen LogP contribution in [-0.4, -0.2) is 37.4 Å². The Kier molecular flexibility index (Phi) is 4.09. The van der Waals surface area contributed by atoms with E-state index in [1.165, 1.54) is 4.90 Å². The van der Waals surface area contributed by atoms with Crippen LogP contribution >= 0.6 is 0 Å². The maximum atomic E-state index is 11.7. The molecule has 0 saturated heterocycles. The van der Waals surface area contributed by atoms with Gasteiger partial charge in [-0.05, 0) is 24.6 Å². The number of benzene rings is 1. The van der Waals surface area contributed by atoms with Gasteiger partial charge in [0.25, 0.3) is 5.91 Å². The maximum absolute atomic E-state index is 11.7. The van der Waals surface area contributed by atoms with Gasteiger partial charge in [-0.1, -0.05) is 6.07 Å². The molecule has 0 radical (unpaired) electrons. The normalized spacial score (nSPS) is 9.82. The van der Waals surface area contributed by atoms with E-state index in [0.29, 0.717) is 11.3 Å². The van der Waals surface area contributed by atoms with Gasteiger partial charge in [-0.2, -0.15) is 0 Å². The molecule has 0 heterocycles. The summed E-state index contributed by atoms with van der Waals surface area (Å²) in [5, 5.41) is 2.54. The monoisotopic (exact) mass is 235 g/mol. The van der Waals surface area contributed by atoms with Crippen LogP contribution in [0, 0.1) is 6.92 Å². The van der Waals surface area contributed by atoms with E-state index in [1.54, 1.807) is 32.3 Å². The van der Waals surface area contributed by atoms with Gasteiger partial charge in [0.2, 0.25) is 5.91 Å². The lowest BCUT2D eigenvalue weighted by Gasteiger charge is -2.11. The van der Waals surface area contributed by atoms with E-state index < -0.39 is 0 Å². The van der Waals surface area contributed by atoms with Crippen molar-refractivity contribution in [1.29, 1.82) is 0 Å². The number of rotatable bonds is 3. The first-order valence-electron chi connectivity index (χ1n) is 5.26. The van der Waals surface area contributed by atoms with Gasteiger partial charge in [0.05, 0.1) is 6.54 Å². The molecule has 0 unspecified atom stereocenters. The first-order chi connectivity index (χ1) is 7.91. The molecular weight excluding hydrogens is 218 g/mol. The molecule has 2 amide bonds. The molecule has 1 aromatic rings. The SMILES string of the molecule is Cc1ccc(C(=O)NCC(=O)N(C)C)cc1N. The van der Waals surface area contributed by atoms with E-state index in [-0.39, 0.29) is 18.4 Å². The van der Waals surface area contributed by atoms with Gasteiger partial charge in [-0.25, -0.2) is 0 Å². The van der Waals surface area contributed by atoms with Crippen LogP contribution in [-0.2, 0) is 4.79 Å². The lowest BCUT2D eigenvalue weighted by molar-refractivity contribution is -0.127. The standard InChI is InChI=1S/C12H17N3O2/c1-8-4-5-9(6-10(8)13)12(17)14-7-11(16)15(2)3/h4-6H,7,13H2,1-3H3,(H,14,17). The fourth-order valence-corrected chi connectivity index (χ4v) is 1.20. The van der Waals surface area contributed by atoms with E-state index in [4.69, 9.17) is 5.73 Å². The number of hydrogen-bond acceptors (Lipinski definition) is 3. The van der Waals surface area contributed by atoms with Crippen molar-refractivity contribution in [3.05, 3.63) is 29.3 Å². The van der Waals surface area contributed by atoms with Crippen LogP contribution in [0.5, 0.6) is 0 Å². The summed E-state index contributed by atoms with van der Waals surface area (Å²) in [6, 6.07) is 5.06. The summed E-state index contributed by atoms with van der Waals surface area (Å²) in [7, 11) is 3.27. The number of anilines is 1. The van der Waals surface area contributed by atoms with Crippen LogP contribution in [0.1, 0.15) is 15.9 Å². The molecule has 0 aliphatic rings. The highest BCUT2D eigenvalue weighted by atomic mass is 16.2. The number of carbonyl (C=O) groups excluding carboxylic acids is 2. The van der Waals surface area contributed by atoms with Gasteiger partial charge in [-0.3, -0.25) is 9.59 Å². The summed E-state index contributed by atoms with van der Waals surface area (Å²) in [5.41, 5.74) is 7.65. The molecule has 5 nitrogen and oxygen atoms in total. The lowest BCUT2D eigenvalue weighted by atomic mass is 10.1. The summed E-state index contributed by atoms with van der Waals surface area (Å²) in [4.78, 5) is 24.4. The third-order valence-electron chi connectivity index (χ3n) is 2.44. The highest BCUT2D eigenvalue weighted by Gasteiger charge is 2.09. The van der Waals surface area contributed by atoms with Crippen LogP contribution in [0.25, 0.3) is 0 Å². The van der Waals surface area contributed by atoms with Gasteiger partial charge < -0.3 is 16.0 Å². The zero-order valence-electron chi connectivity index (χ0n) is 10.3. The first-order valence-corrected chi connectivity index (χ1v) is 5.26. The van der Waals surface area contributed by atoms with Crippen molar-refractivity contribution in [2.24, 2.45) is 0 Å². The fourth-order valence-electron chi connectivity index (χ4n) is 1.20. The number of nitrogens with two attached hydrogens (primary N) is 1. The van der Waals surface area contributed by atoms with Crippen molar-refractivity contribution in [3.8, 4) is 0 Å². The zero-order valence-corrected chi connectivity index (χ0v) is 10.3. The smallest absolute Gasteiger partial charge is 0.251 e. The third-order valence-corrected chi connectivity index (χ3v) is 2.44. The van der Waals surface area contributed by atoms with Crippen LogP contribution in [0.4, 0.5) is 5.69 Å². The fraction of sp³-hybridized carbons (Fsp3) is 0.333. The predicted molar refractivity (Wildman–Crippen MR) is 66.6 cm³/mol. The lowest BCUT2D eigenvalue weighted by Crippen LogP contribution is -2.36. The minimum absolute atomic E-state index is 0.0143. The topological polar surface area (TPSA) is 75.4 Å². The molecule has 0 aliphatic heterocycles. The minimum Gasteiger partial charge on any atom is -0.398 e. The first kappa shape index (κ1) is 13.0. The molecule has 0 fully saturated rings. The van der Waals surface area contributed by atoms with Crippen molar-refractivity contribution in [2.75, 3.05) is 26.4 Å². The van der Waals surface area contributed by atoms with Crippen LogP contribution in [0.3, 0.4) is 0 Å². The summed E-state index contributed by atoms with van der Waals surface area (Å²) in [6.45, 7) is 1.85. The summed E-state index contributed by atoms with van der Waals surface area (Å²) >= 11 is 0. The van der Waals surface area contributed by atoms with E-state index in [2.05, 4.69) is 5.32 Å². The second-order valence-electron chi connectivity index (χ2n) is 4.04. The summed E-state index contributed by atoms with van der Waals surface area (Å²) in [6.07, 6.45) is 0. The molecule has 92 valence electrons. The summed E-state index contributed by atoms with van der Waals surface area (Å²) in [5.74, 6) is -0.453. The number of nitrogen functional groups attached to an aromatic ring is 1. The summed E-state index contributed by atoms with van der Waals surface area (Å²) < 4.78 is 0. The Morgan fingerprint density at radius 1 is 1.35 bits per heavy atom. The van der Waals surface area contributed by atoms with Crippen molar-refractivity contribution in [1.82, 2.24) is 10.2 Å². The average molecular weight is 235 g/mol. The molecule has 1 rings (SSSR count). The number of aryl methyl sites for hydroxylation is 1. The average Bonchev–Trinajstić information content (AvgIpc) is 2.28. The number of nitrogens with zero attached hydrogens (tertiary/aromatic N) is 1. The molecule has 0 saturated carbocycles. The molecule has 0 atom stereocenters. The zero-order chi connectivity index (χ0) is 13.0. The van der Waals surface area contributed by atoms with E-state index in [1.807, 2.05) is 6.92 Å². The predicted octanol–water partition coefficient (Wildman–Crippen LogP) is 0.395. The van der Waals surface area contributed by atoms with Crippen LogP contribution < -0.4 is 11.1 Å². The highest BCUT2D eigenvalue weighted by Crippen LogP contribution is 2.12. The largest absolute Gasteiger partial charge is 0.398 e. The van der Waals surface area contributed by atoms with Gasteiger partial charge in [-0.15, -0.1) is 0 Å². The van der Waals surface area contributed by atoms with Crippen LogP contribution in [0.2, 0.25) is 0 Å². The Morgan fingerprint density at radius 3 is 2.53 bits per heavy atom. The molecule has 3 N–H and O–H groups in total. The van der Waals surface area contributed by atoms with Crippen LogP contribution in [0.15, 0.2) is 18.2 Å². The molecule has 0 aliphatic carbocycles. The van der Waals surface area contributed by atoms with Crippen molar-refractivity contribution in [3.63, 3.8) is 0 Å². The van der Waals surface area contributed by atoms with E-state index in [0.717, 1.165) is 5.56 Å². The minimum atomic E-state index is -0.299. The van der Waals surface area contributed by atoms with Gasteiger partial charge in [0.1, 0.15) is 0 Å². The number of carbonyl (C=O) groups is 2.